The molecule has 4 saturated carbocycles. The lowest BCUT2D eigenvalue weighted by Crippen LogP contribution is -2.61. The minimum atomic E-state index is -0.714. The van der Waals surface area contributed by atoms with Crippen molar-refractivity contribution in [1.82, 2.24) is 15.1 Å². The second-order valence-electron chi connectivity index (χ2n) is 13.4. The number of ether oxygens (including phenoxy) is 1. The van der Waals surface area contributed by atoms with Gasteiger partial charge in [0.15, 0.2) is 0 Å². The van der Waals surface area contributed by atoms with E-state index in [0.717, 1.165) is 62.2 Å². The zero-order valence-electron chi connectivity index (χ0n) is 23.0. The molecule has 8 rings (SSSR count). The predicted molar refractivity (Wildman–Crippen MR) is 147 cm³/mol. The van der Waals surface area contributed by atoms with Crippen molar-refractivity contribution < 1.29 is 19.1 Å². The van der Waals surface area contributed by atoms with E-state index in [0.29, 0.717) is 45.1 Å². The fourth-order valence-corrected chi connectivity index (χ4v) is 9.37. The Hall–Kier alpha value is -2.61. The van der Waals surface area contributed by atoms with Crippen molar-refractivity contribution in [2.24, 2.45) is 23.2 Å². The van der Waals surface area contributed by atoms with Crippen molar-refractivity contribution in [1.29, 1.82) is 0 Å². The lowest BCUT2D eigenvalue weighted by atomic mass is 9.49. The van der Waals surface area contributed by atoms with Crippen LogP contribution in [0, 0.1) is 23.2 Å². The van der Waals surface area contributed by atoms with Gasteiger partial charge in [-0.2, -0.15) is 0 Å². The molecule has 8 heteroatoms. The Balaban J connectivity index is 1.06. The van der Waals surface area contributed by atoms with E-state index in [2.05, 4.69) is 15.1 Å². The second-order valence-corrected chi connectivity index (χ2v) is 13.4. The second kappa shape index (κ2) is 9.79. The molecule has 7 aliphatic rings. The molecule has 1 aromatic rings. The van der Waals surface area contributed by atoms with Gasteiger partial charge in [-0.25, -0.2) is 0 Å². The van der Waals surface area contributed by atoms with Crippen LogP contribution < -0.4 is 10.2 Å². The lowest BCUT2D eigenvalue weighted by Gasteiger charge is -2.57. The molecule has 3 heterocycles. The Bertz CT molecular complexity index is 1070. The van der Waals surface area contributed by atoms with Gasteiger partial charge in [0.2, 0.25) is 11.8 Å². The van der Waals surface area contributed by atoms with E-state index < -0.39 is 5.54 Å². The van der Waals surface area contributed by atoms with E-state index in [1.54, 1.807) is 4.90 Å². The molecule has 0 radical (unpaired) electrons. The highest BCUT2D eigenvalue weighted by molar-refractivity contribution is 5.96. The third-order valence-electron chi connectivity index (χ3n) is 10.8. The summed E-state index contributed by atoms with van der Waals surface area (Å²) in [4.78, 5) is 46.9. The number of likely N-dealkylation sites (tertiary alicyclic amines) is 1. The van der Waals surface area contributed by atoms with E-state index in [-0.39, 0.29) is 29.9 Å². The van der Waals surface area contributed by atoms with Crippen molar-refractivity contribution in [3.05, 3.63) is 30.3 Å². The zero-order valence-corrected chi connectivity index (χ0v) is 23.0. The number of anilines is 1. The first-order chi connectivity index (χ1) is 18.9. The molecule has 1 atom stereocenters. The average molecular weight is 535 g/mol. The largest absolute Gasteiger partial charge is 0.376 e. The summed E-state index contributed by atoms with van der Waals surface area (Å²) in [5, 5.41) is 2.97. The molecule has 4 bridgehead atoms. The fourth-order valence-electron chi connectivity index (χ4n) is 9.37. The summed E-state index contributed by atoms with van der Waals surface area (Å²) in [5.41, 5.74) is 0.133. The number of hydrogen-bond donors (Lipinski definition) is 1. The third-order valence-corrected chi connectivity index (χ3v) is 10.8. The molecule has 39 heavy (non-hydrogen) atoms. The highest BCUT2D eigenvalue weighted by atomic mass is 16.5. The molecule has 1 spiro atoms. The summed E-state index contributed by atoms with van der Waals surface area (Å²) in [5.74, 6) is 2.45. The summed E-state index contributed by atoms with van der Waals surface area (Å²) in [7, 11) is 0. The normalized spacial score (nSPS) is 34.8. The molecule has 210 valence electrons. The number of para-hydroxylation sites is 1. The maximum absolute atomic E-state index is 14.0. The van der Waals surface area contributed by atoms with Gasteiger partial charge in [-0.3, -0.25) is 14.4 Å². The first kappa shape index (κ1) is 25.4. The van der Waals surface area contributed by atoms with Crippen molar-refractivity contribution >= 4 is 23.4 Å². The standard InChI is InChI=1S/C31H42N4O4/c36-27(32-19-26-7-4-12-39-26)20-34-21-35(25-5-2-1-3-6-25)31(29(34)38)8-10-33(11-9-31)28(37)30-16-22-13-23(17-30)15-24(14-22)18-30/h1-3,5-6,22-24,26H,4,7-21H2,(H,32,36)/t22?,23?,24?,26-,30?/m1/s1. The number of piperidine rings is 1. The van der Waals surface area contributed by atoms with E-state index >= 15 is 0 Å². The molecule has 1 aromatic carbocycles. The third kappa shape index (κ3) is 4.43. The zero-order chi connectivity index (χ0) is 26.6. The number of rotatable bonds is 6. The van der Waals surface area contributed by atoms with E-state index in [9.17, 15) is 14.4 Å². The smallest absolute Gasteiger partial charge is 0.250 e. The Morgan fingerprint density at radius 2 is 1.64 bits per heavy atom. The van der Waals surface area contributed by atoms with Crippen LogP contribution >= 0.6 is 0 Å². The van der Waals surface area contributed by atoms with Crippen LogP contribution in [0.1, 0.15) is 64.2 Å². The van der Waals surface area contributed by atoms with Crippen LogP contribution in [-0.2, 0) is 19.1 Å². The van der Waals surface area contributed by atoms with Gasteiger partial charge in [0.1, 0.15) is 12.1 Å². The van der Waals surface area contributed by atoms with Crippen LogP contribution in [0.5, 0.6) is 0 Å². The van der Waals surface area contributed by atoms with Gasteiger partial charge in [-0.1, -0.05) is 18.2 Å². The number of carbonyl (C=O) groups excluding carboxylic acids is 3. The summed E-state index contributed by atoms with van der Waals surface area (Å²) < 4.78 is 5.63. The number of amides is 3. The van der Waals surface area contributed by atoms with Gasteiger partial charge >= 0.3 is 0 Å². The maximum atomic E-state index is 14.0. The lowest BCUT2D eigenvalue weighted by molar-refractivity contribution is -0.160. The molecule has 3 aliphatic heterocycles. The minimum Gasteiger partial charge on any atom is -0.376 e. The quantitative estimate of drug-likeness (QED) is 0.606. The molecular formula is C31H42N4O4. The van der Waals surface area contributed by atoms with Crippen molar-refractivity contribution in [3.63, 3.8) is 0 Å². The molecule has 4 aliphatic carbocycles. The fraction of sp³-hybridized carbons (Fsp3) is 0.710. The maximum Gasteiger partial charge on any atom is 0.250 e. The highest BCUT2D eigenvalue weighted by Gasteiger charge is 2.58. The average Bonchev–Trinajstić information content (AvgIpc) is 3.55. The van der Waals surface area contributed by atoms with E-state index in [1.807, 2.05) is 30.3 Å². The number of nitrogens with one attached hydrogen (secondary N) is 1. The monoisotopic (exact) mass is 534 g/mol. The van der Waals surface area contributed by atoms with Gasteiger partial charge in [-0.05, 0) is 94.1 Å². The van der Waals surface area contributed by atoms with E-state index in [1.165, 1.54) is 19.3 Å². The molecule has 3 saturated heterocycles. The molecule has 1 N–H and O–H groups in total. The van der Waals surface area contributed by atoms with Crippen LogP contribution in [-0.4, -0.2) is 78.6 Å². The Labute approximate surface area is 231 Å². The number of benzene rings is 1. The van der Waals surface area contributed by atoms with Crippen LogP contribution in [0.15, 0.2) is 30.3 Å². The van der Waals surface area contributed by atoms with Crippen LogP contribution in [0.2, 0.25) is 0 Å². The van der Waals surface area contributed by atoms with Crippen LogP contribution in [0.3, 0.4) is 0 Å². The predicted octanol–water partition coefficient (Wildman–Crippen LogP) is 3.17. The number of hydrogen-bond acceptors (Lipinski definition) is 5. The first-order valence-electron chi connectivity index (χ1n) is 15.2. The van der Waals surface area contributed by atoms with Crippen LogP contribution in [0.4, 0.5) is 5.69 Å². The molecule has 8 nitrogen and oxygen atoms in total. The first-order valence-corrected chi connectivity index (χ1v) is 15.2. The molecule has 3 amide bonds. The van der Waals surface area contributed by atoms with Gasteiger partial charge in [0.25, 0.3) is 5.91 Å². The minimum absolute atomic E-state index is 0.0144. The van der Waals surface area contributed by atoms with E-state index in [4.69, 9.17) is 4.74 Å². The highest BCUT2D eigenvalue weighted by Crippen LogP contribution is 2.60. The topological polar surface area (TPSA) is 82.2 Å². The summed E-state index contributed by atoms with van der Waals surface area (Å²) in [6.45, 7) is 2.90. The Kier molecular flexibility index (Phi) is 6.37. The Morgan fingerprint density at radius 3 is 2.26 bits per heavy atom. The molecule has 7 fully saturated rings. The van der Waals surface area contributed by atoms with Gasteiger partial charge in [0.05, 0.1) is 18.2 Å². The molecular weight excluding hydrogens is 492 g/mol. The number of nitrogens with zero attached hydrogens (tertiary/aromatic N) is 3. The van der Waals surface area contributed by atoms with Gasteiger partial charge in [-0.15, -0.1) is 0 Å². The number of carbonyl (C=O) groups is 3. The van der Waals surface area contributed by atoms with Crippen molar-refractivity contribution in [2.45, 2.75) is 75.9 Å². The van der Waals surface area contributed by atoms with Gasteiger partial charge in [0, 0.05) is 31.9 Å². The summed E-state index contributed by atoms with van der Waals surface area (Å²) in [6, 6.07) is 10.1. The molecule has 0 aromatic heterocycles. The Morgan fingerprint density at radius 1 is 0.974 bits per heavy atom. The SMILES string of the molecule is O=C(CN1CN(c2ccccc2)C2(CCN(C(=O)C34CC5CC(CC(C5)C3)C4)CC2)C1=O)NC[C@H]1CCCO1. The van der Waals surface area contributed by atoms with Gasteiger partial charge < -0.3 is 24.8 Å². The molecule has 0 unspecified atom stereocenters. The van der Waals surface area contributed by atoms with Crippen molar-refractivity contribution in [2.75, 3.05) is 44.4 Å². The van der Waals surface area contributed by atoms with Crippen LogP contribution in [0.25, 0.3) is 0 Å². The van der Waals surface area contributed by atoms with Crippen molar-refractivity contribution in [3.8, 4) is 0 Å². The summed E-state index contributed by atoms with van der Waals surface area (Å²) in [6.07, 6.45) is 10.5. The summed E-state index contributed by atoms with van der Waals surface area (Å²) >= 11 is 0.